The highest BCUT2D eigenvalue weighted by molar-refractivity contribution is 6.00. The molecule has 0 fully saturated rings. The molecule has 0 unspecified atom stereocenters. The first-order valence-electron chi connectivity index (χ1n) is 9.18. The van der Waals surface area contributed by atoms with Crippen LogP contribution in [-0.2, 0) is 6.61 Å². The van der Waals surface area contributed by atoms with Crippen molar-refractivity contribution in [3.63, 3.8) is 0 Å². The van der Waals surface area contributed by atoms with Gasteiger partial charge in [0.15, 0.2) is 0 Å². The fourth-order valence-electron chi connectivity index (χ4n) is 2.72. The Labute approximate surface area is 170 Å². The molecule has 0 spiro atoms. The molecule has 0 saturated carbocycles. The van der Waals surface area contributed by atoms with Gasteiger partial charge in [-0.1, -0.05) is 42.5 Å². The summed E-state index contributed by atoms with van der Waals surface area (Å²) < 4.78 is 5.74. The summed E-state index contributed by atoms with van der Waals surface area (Å²) in [4.78, 5) is 26.9. The normalized spacial score (nSPS) is 10.1. The molecule has 0 atom stereocenters. The van der Waals surface area contributed by atoms with E-state index in [4.69, 9.17) is 4.74 Å². The lowest BCUT2D eigenvalue weighted by Crippen LogP contribution is -2.42. The number of carbonyl (C=O) groups excluding carboxylic acids is 2. The largest absolute Gasteiger partial charge is 0.489 e. The van der Waals surface area contributed by atoms with Gasteiger partial charge in [0.05, 0.1) is 0 Å². The van der Waals surface area contributed by atoms with Crippen LogP contribution in [0.1, 0.15) is 26.3 Å². The van der Waals surface area contributed by atoms with E-state index >= 15 is 0 Å². The predicted octanol–water partition coefficient (Wildman–Crippen LogP) is 3.41. The van der Waals surface area contributed by atoms with Crippen LogP contribution in [0.5, 0.6) is 5.75 Å². The van der Waals surface area contributed by atoms with Crippen LogP contribution in [0.15, 0.2) is 78.9 Å². The number of nitrogens with zero attached hydrogens (tertiary/aromatic N) is 1. The van der Waals surface area contributed by atoms with Crippen LogP contribution in [-0.4, -0.2) is 25.9 Å². The fraction of sp³-hybridized carbons (Fsp3) is 0.130. The summed E-state index contributed by atoms with van der Waals surface area (Å²) in [5.74, 6) is -0.0776. The van der Waals surface area contributed by atoms with Gasteiger partial charge < -0.3 is 9.64 Å². The summed E-state index contributed by atoms with van der Waals surface area (Å²) >= 11 is 0. The molecule has 6 nitrogen and oxygen atoms in total. The summed E-state index contributed by atoms with van der Waals surface area (Å²) in [6.07, 6.45) is 0. The van der Waals surface area contributed by atoms with Gasteiger partial charge in [0, 0.05) is 36.5 Å². The Morgan fingerprint density at radius 1 is 0.828 bits per heavy atom. The number of hydrogen-bond acceptors (Lipinski definition) is 4. The van der Waals surface area contributed by atoms with Crippen LogP contribution >= 0.6 is 0 Å². The quantitative estimate of drug-likeness (QED) is 0.634. The number of carbonyl (C=O) groups is 2. The fourth-order valence-corrected chi connectivity index (χ4v) is 2.72. The number of hydrazine groups is 1. The molecule has 29 heavy (non-hydrogen) atoms. The van der Waals surface area contributed by atoms with Crippen LogP contribution in [0, 0.1) is 0 Å². The van der Waals surface area contributed by atoms with Gasteiger partial charge in [-0.15, -0.1) is 0 Å². The van der Waals surface area contributed by atoms with Crippen molar-refractivity contribution in [1.29, 1.82) is 0 Å². The molecule has 0 heterocycles. The Morgan fingerprint density at radius 3 is 2.28 bits per heavy atom. The summed E-state index contributed by atoms with van der Waals surface area (Å²) in [5.41, 5.74) is 7.45. The van der Waals surface area contributed by atoms with Gasteiger partial charge in [0.25, 0.3) is 11.8 Å². The van der Waals surface area contributed by atoms with Gasteiger partial charge >= 0.3 is 0 Å². The minimum absolute atomic E-state index is 0.242. The van der Waals surface area contributed by atoms with Gasteiger partial charge in [0.1, 0.15) is 12.4 Å². The molecule has 3 aromatic carbocycles. The number of rotatable bonds is 6. The summed E-state index contributed by atoms with van der Waals surface area (Å²) in [5, 5.41) is 0. The van der Waals surface area contributed by atoms with Crippen molar-refractivity contribution in [2.45, 2.75) is 6.61 Å². The zero-order valence-corrected chi connectivity index (χ0v) is 16.4. The van der Waals surface area contributed by atoms with Crippen molar-refractivity contribution < 1.29 is 14.3 Å². The first-order chi connectivity index (χ1) is 14.0. The summed E-state index contributed by atoms with van der Waals surface area (Å²) in [7, 11) is 3.79. The molecule has 2 amide bonds. The van der Waals surface area contributed by atoms with E-state index in [1.54, 1.807) is 30.3 Å². The molecule has 0 aliphatic heterocycles. The first-order valence-corrected chi connectivity index (χ1v) is 9.18. The Morgan fingerprint density at radius 2 is 1.52 bits per heavy atom. The second-order valence-electron chi connectivity index (χ2n) is 6.61. The molecule has 6 heteroatoms. The minimum atomic E-state index is -0.408. The molecular formula is C23H23N3O3. The highest BCUT2D eigenvalue weighted by Crippen LogP contribution is 2.15. The molecule has 0 aliphatic rings. The number of anilines is 1. The molecular weight excluding hydrogens is 366 g/mol. The molecule has 148 valence electrons. The number of hydrogen-bond donors (Lipinski definition) is 2. The molecule has 3 rings (SSSR count). The Kier molecular flexibility index (Phi) is 6.47. The highest BCUT2D eigenvalue weighted by atomic mass is 16.5. The Balaban J connectivity index is 1.63. The lowest BCUT2D eigenvalue weighted by Gasteiger charge is -2.14. The molecule has 0 aliphatic carbocycles. The minimum Gasteiger partial charge on any atom is -0.489 e. The summed E-state index contributed by atoms with van der Waals surface area (Å²) in [6, 6.07) is 23.6. The van der Waals surface area contributed by atoms with Crippen LogP contribution in [0.4, 0.5) is 5.69 Å². The van der Waals surface area contributed by atoms with E-state index in [1.165, 1.54) is 0 Å². The van der Waals surface area contributed by atoms with E-state index in [0.29, 0.717) is 11.1 Å². The van der Waals surface area contributed by atoms with Crippen molar-refractivity contribution in [2.24, 2.45) is 0 Å². The average Bonchev–Trinajstić information content (AvgIpc) is 2.76. The highest BCUT2D eigenvalue weighted by Gasteiger charge is 2.13. The van der Waals surface area contributed by atoms with Gasteiger partial charge in [0.2, 0.25) is 0 Å². The lowest BCUT2D eigenvalue weighted by molar-refractivity contribution is 0.0845. The van der Waals surface area contributed by atoms with Crippen LogP contribution in [0.25, 0.3) is 0 Å². The van der Waals surface area contributed by atoms with Crippen molar-refractivity contribution >= 4 is 17.5 Å². The molecule has 0 bridgehead atoms. The van der Waals surface area contributed by atoms with Gasteiger partial charge in [-0.3, -0.25) is 20.4 Å². The van der Waals surface area contributed by atoms with Crippen LogP contribution in [0.2, 0.25) is 0 Å². The van der Waals surface area contributed by atoms with E-state index in [-0.39, 0.29) is 12.5 Å². The van der Waals surface area contributed by atoms with Gasteiger partial charge in [-0.05, 0) is 36.4 Å². The first kappa shape index (κ1) is 19.9. The van der Waals surface area contributed by atoms with Crippen molar-refractivity contribution in [3.05, 3.63) is 95.6 Å². The van der Waals surface area contributed by atoms with E-state index in [0.717, 1.165) is 17.0 Å². The maximum Gasteiger partial charge on any atom is 0.270 e. The second-order valence-corrected chi connectivity index (χ2v) is 6.61. The number of nitrogens with one attached hydrogen (secondary N) is 2. The van der Waals surface area contributed by atoms with Crippen LogP contribution in [0.3, 0.4) is 0 Å². The van der Waals surface area contributed by atoms with Crippen LogP contribution < -0.4 is 20.5 Å². The molecule has 2 N–H and O–H groups in total. The molecule has 0 saturated heterocycles. The third-order valence-corrected chi connectivity index (χ3v) is 4.31. The smallest absolute Gasteiger partial charge is 0.270 e. The van der Waals surface area contributed by atoms with E-state index in [1.807, 2.05) is 67.5 Å². The van der Waals surface area contributed by atoms with Gasteiger partial charge in [-0.25, -0.2) is 0 Å². The molecule has 3 aromatic rings. The Bertz CT molecular complexity index is 987. The maximum atomic E-state index is 12.6. The van der Waals surface area contributed by atoms with Crippen molar-refractivity contribution in [3.8, 4) is 5.75 Å². The van der Waals surface area contributed by atoms with E-state index in [9.17, 15) is 9.59 Å². The van der Waals surface area contributed by atoms with E-state index < -0.39 is 5.91 Å². The average molecular weight is 389 g/mol. The monoisotopic (exact) mass is 389 g/mol. The Hall–Kier alpha value is -3.80. The standard InChI is InChI=1S/C23H23N3O3/c1-26(2)19-11-8-10-17(15-19)22(27)24-25-23(28)21-14-7-6-9-18(21)16-29-20-12-4-3-5-13-20/h3-15H,16H2,1-2H3,(H,24,27)(H,25,28). The van der Waals surface area contributed by atoms with Crippen molar-refractivity contribution in [2.75, 3.05) is 19.0 Å². The third kappa shape index (κ3) is 5.35. The molecule has 0 aromatic heterocycles. The summed E-state index contributed by atoms with van der Waals surface area (Å²) in [6.45, 7) is 0.242. The zero-order chi connectivity index (χ0) is 20.6. The number of amides is 2. The van der Waals surface area contributed by atoms with Crippen molar-refractivity contribution in [1.82, 2.24) is 10.9 Å². The maximum absolute atomic E-state index is 12.6. The number of para-hydroxylation sites is 1. The van der Waals surface area contributed by atoms with Gasteiger partial charge in [-0.2, -0.15) is 0 Å². The topological polar surface area (TPSA) is 70.7 Å². The SMILES string of the molecule is CN(C)c1cccc(C(=O)NNC(=O)c2ccccc2COc2ccccc2)c1. The number of ether oxygens (including phenoxy) is 1. The zero-order valence-electron chi connectivity index (χ0n) is 16.4. The second kappa shape index (κ2) is 9.41. The molecule has 0 radical (unpaired) electrons. The van der Waals surface area contributed by atoms with E-state index in [2.05, 4.69) is 10.9 Å². The number of benzene rings is 3. The lowest BCUT2D eigenvalue weighted by atomic mass is 10.1. The predicted molar refractivity (Wildman–Crippen MR) is 113 cm³/mol. The third-order valence-electron chi connectivity index (χ3n) is 4.31.